The van der Waals surface area contributed by atoms with E-state index in [1.165, 1.54) is 12.1 Å². The third-order valence-electron chi connectivity index (χ3n) is 6.75. The highest BCUT2D eigenvalue weighted by Crippen LogP contribution is 2.42. The van der Waals surface area contributed by atoms with Crippen LogP contribution < -0.4 is 4.90 Å². The van der Waals surface area contributed by atoms with E-state index in [0.717, 1.165) is 34.8 Å². The van der Waals surface area contributed by atoms with Gasteiger partial charge in [-0.15, -0.1) is 0 Å². The molecule has 1 atom stereocenters. The van der Waals surface area contributed by atoms with Crippen molar-refractivity contribution < 1.29 is 22.4 Å². The summed E-state index contributed by atoms with van der Waals surface area (Å²) in [5, 5.41) is 4.29. The Kier molecular flexibility index (Phi) is 6.54. The zero-order valence-corrected chi connectivity index (χ0v) is 20.8. The standard InChI is InChI=1S/C30H27F3N2O2/c1-4-23-17-28(25-12-8-9-13-27(25)35(23)29-19(2)20(3)37-34-29)36-18-21-14-15-24(22-10-6-5-7-11-22)26(16-21)30(31,32)33/h5-17,23H,4,18H2,1-3H3. The summed E-state index contributed by atoms with van der Waals surface area (Å²) in [6.45, 7) is 5.94. The predicted molar refractivity (Wildman–Crippen MR) is 138 cm³/mol. The van der Waals surface area contributed by atoms with Gasteiger partial charge in [-0.3, -0.25) is 0 Å². The van der Waals surface area contributed by atoms with Gasteiger partial charge in [-0.25, -0.2) is 0 Å². The third-order valence-corrected chi connectivity index (χ3v) is 6.75. The molecule has 190 valence electrons. The number of para-hydroxylation sites is 1. The topological polar surface area (TPSA) is 38.5 Å². The van der Waals surface area contributed by atoms with Crippen LogP contribution in [0.1, 0.15) is 41.4 Å². The number of fused-ring (bicyclic) bond motifs is 1. The Balaban J connectivity index is 1.47. The fourth-order valence-electron chi connectivity index (χ4n) is 4.68. The lowest BCUT2D eigenvalue weighted by Crippen LogP contribution is -2.33. The number of benzene rings is 3. The second-order valence-corrected chi connectivity index (χ2v) is 9.11. The van der Waals surface area contributed by atoms with Crippen molar-refractivity contribution in [1.29, 1.82) is 0 Å². The molecule has 0 spiro atoms. The second kappa shape index (κ2) is 9.81. The Hall–Kier alpha value is -4.00. The van der Waals surface area contributed by atoms with E-state index in [1.807, 2.05) is 44.2 Å². The molecule has 1 aliphatic rings. The van der Waals surface area contributed by atoms with Crippen LogP contribution in [0.25, 0.3) is 16.9 Å². The first-order valence-electron chi connectivity index (χ1n) is 12.2. The van der Waals surface area contributed by atoms with Crippen molar-refractivity contribution in [3.05, 3.63) is 107 Å². The van der Waals surface area contributed by atoms with E-state index in [4.69, 9.17) is 9.26 Å². The zero-order valence-electron chi connectivity index (χ0n) is 20.8. The number of halogens is 3. The molecule has 0 saturated heterocycles. The Morgan fingerprint density at radius 2 is 1.68 bits per heavy atom. The van der Waals surface area contributed by atoms with Gasteiger partial charge in [0.25, 0.3) is 0 Å². The third kappa shape index (κ3) is 4.73. The largest absolute Gasteiger partial charge is 0.488 e. The van der Waals surface area contributed by atoms with Gasteiger partial charge in [0, 0.05) is 11.1 Å². The maximum atomic E-state index is 14.0. The normalized spacial score (nSPS) is 15.4. The molecule has 7 heteroatoms. The van der Waals surface area contributed by atoms with Gasteiger partial charge < -0.3 is 14.2 Å². The van der Waals surface area contributed by atoms with Crippen LogP contribution >= 0.6 is 0 Å². The average molecular weight is 505 g/mol. The molecule has 4 aromatic rings. The fraction of sp³-hybridized carbons (Fsp3) is 0.233. The lowest BCUT2D eigenvalue weighted by molar-refractivity contribution is -0.137. The zero-order chi connectivity index (χ0) is 26.2. The maximum Gasteiger partial charge on any atom is 0.417 e. The fourth-order valence-corrected chi connectivity index (χ4v) is 4.68. The number of aryl methyl sites for hydroxylation is 1. The summed E-state index contributed by atoms with van der Waals surface area (Å²) in [5.41, 5.74) is 3.18. The molecule has 3 aromatic carbocycles. The molecule has 0 bridgehead atoms. The molecule has 0 radical (unpaired) electrons. The molecule has 5 rings (SSSR count). The van der Waals surface area contributed by atoms with Crippen molar-refractivity contribution in [2.24, 2.45) is 0 Å². The quantitative estimate of drug-likeness (QED) is 0.264. The van der Waals surface area contributed by atoms with Gasteiger partial charge in [-0.05, 0) is 61.2 Å². The van der Waals surface area contributed by atoms with Gasteiger partial charge in [-0.1, -0.05) is 66.7 Å². The molecule has 0 aliphatic carbocycles. The summed E-state index contributed by atoms with van der Waals surface area (Å²) in [6.07, 6.45) is -1.70. The minimum Gasteiger partial charge on any atom is -0.488 e. The molecule has 0 saturated carbocycles. The number of hydrogen-bond acceptors (Lipinski definition) is 4. The van der Waals surface area contributed by atoms with Gasteiger partial charge in [0.1, 0.15) is 18.1 Å². The summed E-state index contributed by atoms with van der Waals surface area (Å²) in [6, 6.07) is 20.7. The van der Waals surface area contributed by atoms with Gasteiger partial charge in [0.05, 0.1) is 17.3 Å². The van der Waals surface area contributed by atoms with E-state index < -0.39 is 11.7 Å². The Morgan fingerprint density at radius 1 is 0.946 bits per heavy atom. The van der Waals surface area contributed by atoms with Crippen molar-refractivity contribution >= 4 is 17.3 Å². The summed E-state index contributed by atoms with van der Waals surface area (Å²) in [4.78, 5) is 2.13. The van der Waals surface area contributed by atoms with E-state index in [0.29, 0.717) is 16.9 Å². The number of aromatic nitrogens is 1. The van der Waals surface area contributed by atoms with Crippen molar-refractivity contribution in [2.45, 2.75) is 46.0 Å². The molecule has 0 N–H and O–H groups in total. The van der Waals surface area contributed by atoms with Crippen LogP contribution in [0.15, 0.2) is 83.4 Å². The number of anilines is 2. The molecule has 4 nitrogen and oxygen atoms in total. The van der Waals surface area contributed by atoms with Gasteiger partial charge in [0.2, 0.25) is 0 Å². The van der Waals surface area contributed by atoms with Crippen LogP contribution in [0, 0.1) is 13.8 Å². The Morgan fingerprint density at radius 3 is 2.35 bits per heavy atom. The first kappa shape index (κ1) is 24.7. The van der Waals surface area contributed by atoms with Crippen molar-refractivity contribution in [3.63, 3.8) is 0 Å². The highest BCUT2D eigenvalue weighted by Gasteiger charge is 2.34. The molecule has 1 aliphatic heterocycles. The highest BCUT2D eigenvalue weighted by atomic mass is 19.4. The van der Waals surface area contributed by atoms with Gasteiger partial charge >= 0.3 is 6.18 Å². The lowest BCUT2D eigenvalue weighted by Gasteiger charge is -2.35. The van der Waals surface area contributed by atoms with Gasteiger partial charge in [0.15, 0.2) is 5.82 Å². The highest BCUT2D eigenvalue weighted by molar-refractivity contribution is 5.82. The summed E-state index contributed by atoms with van der Waals surface area (Å²) < 4.78 is 53.5. The van der Waals surface area contributed by atoms with Crippen molar-refractivity contribution in [3.8, 4) is 11.1 Å². The van der Waals surface area contributed by atoms with Crippen molar-refractivity contribution in [2.75, 3.05) is 4.90 Å². The van der Waals surface area contributed by atoms with E-state index >= 15 is 0 Å². The Bertz CT molecular complexity index is 1440. The number of rotatable bonds is 6. The minimum atomic E-state index is -4.49. The van der Waals surface area contributed by atoms with E-state index in [2.05, 4.69) is 17.0 Å². The van der Waals surface area contributed by atoms with Crippen LogP contribution in [0.4, 0.5) is 24.7 Å². The Labute approximate surface area is 214 Å². The van der Waals surface area contributed by atoms with Crippen LogP contribution in [-0.4, -0.2) is 11.2 Å². The summed E-state index contributed by atoms with van der Waals surface area (Å²) in [5.74, 6) is 2.14. The SMILES string of the molecule is CCC1C=C(OCc2ccc(-c3ccccc3)c(C(F)(F)F)c2)c2ccccc2N1c1noc(C)c1C. The average Bonchev–Trinajstić information content (AvgIpc) is 3.24. The second-order valence-electron chi connectivity index (χ2n) is 9.11. The van der Waals surface area contributed by atoms with E-state index in [-0.39, 0.29) is 18.2 Å². The monoisotopic (exact) mass is 504 g/mol. The van der Waals surface area contributed by atoms with Crippen LogP contribution in [0.2, 0.25) is 0 Å². The molecule has 2 heterocycles. The minimum absolute atomic E-state index is 0.0108. The van der Waals surface area contributed by atoms with Gasteiger partial charge in [-0.2, -0.15) is 13.2 Å². The lowest BCUT2D eigenvalue weighted by atomic mass is 9.97. The smallest absolute Gasteiger partial charge is 0.417 e. The maximum absolute atomic E-state index is 14.0. The van der Waals surface area contributed by atoms with Crippen LogP contribution in [0.5, 0.6) is 0 Å². The van der Waals surface area contributed by atoms with Crippen LogP contribution in [0.3, 0.4) is 0 Å². The molecule has 1 unspecified atom stereocenters. The van der Waals surface area contributed by atoms with Crippen molar-refractivity contribution in [1.82, 2.24) is 5.16 Å². The number of alkyl halides is 3. The molecular weight excluding hydrogens is 477 g/mol. The molecule has 37 heavy (non-hydrogen) atoms. The molecule has 0 fully saturated rings. The first-order valence-corrected chi connectivity index (χ1v) is 12.2. The molecule has 0 amide bonds. The number of hydrogen-bond donors (Lipinski definition) is 0. The number of ether oxygens (including phenoxy) is 1. The summed E-state index contributed by atoms with van der Waals surface area (Å²) in [7, 11) is 0. The van der Waals surface area contributed by atoms with E-state index in [9.17, 15) is 13.2 Å². The van der Waals surface area contributed by atoms with Crippen LogP contribution in [-0.2, 0) is 17.5 Å². The first-order chi connectivity index (χ1) is 17.8. The molecule has 1 aromatic heterocycles. The van der Waals surface area contributed by atoms with E-state index in [1.54, 1.807) is 36.4 Å². The summed E-state index contributed by atoms with van der Waals surface area (Å²) >= 11 is 0. The molecular formula is C30H27F3N2O2. The predicted octanol–water partition coefficient (Wildman–Crippen LogP) is 8.47. The number of nitrogens with zero attached hydrogens (tertiary/aromatic N) is 2.